The van der Waals surface area contributed by atoms with Crippen LogP contribution in [0.25, 0.3) is 0 Å². The number of hydrogen-bond donors (Lipinski definition) is 1. The van der Waals surface area contributed by atoms with Crippen molar-refractivity contribution in [2.45, 2.75) is 25.7 Å². The van der Waals surface area contributed by atoms with Crippen LogP contribution >= 0.6 is 0 Å². The molecule has 1 unspecified atom stereocenters. The summed E-state index contributed by atoms with van der Waals surface area (Å²) in [5.74, 6) is 1.38. The van der Waals surface area contributed by atoms with Crippen molar-refractivity contribution in [3.63, 3.8) is 0 Å². The Balaban J connectivity index is 1.80. The molecule has 1 aliphatic heterocycles. The van der Waals surface area contributed by atoms with Gasteiger partial charge in [0.15, 0.2) is 0 Å². The maximum atomic E-state index is 11.6. The molecule has 1 aromatic heterocycles. The van der Waals surface area contributed by atoms with Crippen LogP contribution in [-0.4, -0.2) is 47.0 Å². The Bertz CT molecular complexity index is 382. The third kappa shape index (κ3) is 3.50. The SMILES string of the molecule is CCCNC(=O)CN1CCC(c2ncccn2)C1. The lowest BCUT2D eigenvalue weighted by Gasteiger charge is -2.15. The molecule has 1 saturated heterocycles. The predicted molar refractivity (Wildman–Crippen MR) is 69.1 cm³/mol. The van der Waals surface area contributed by atoms with Crippen molar-refractivity contribution in [3.05, 3.63) is 24.3 Å². The van der Waals surface area contributed by atoms with Crippen molar-refractivity contribution < 1.29 is 4.79 Å². The van der Waals surface area contributed by atoms with Crippen LogP contribution in [0.5, 0.6) is 0 Å². The minimum Gasteiger partial charge on any atom is -0.355 e. The zero-order chi connectivity index (χ0) is 12.8. The minimum absolute atomic E-state index is 0.117. The van der Waals surface area contributed by atoms with Crippen LogP contribution in [0, 0.1) is 0 Å². The number of hydrogen-bond acceptors (Lipinski definition) is 4. The highest BCUT2D eigenvalue weighted by molar-refractivity contribution is 5.78. The molecule has 2 heterocycles. The summed E-state index contributed by atoms with van der Waals surface area (Å²) >= 11 is 0. The molecule has 1 aromatic rings. The first-order valence-electron chi connectivity index (χ1n) is 6.55. The van der Waals surface area contributed by atoms with Crippen molar-refractivity contribution in [1.29, 1.82) is 0 Å². The molecular formula is C13H20N4O. The van der Waals surface area contributed by atoms with Gasteiger partial charge in [-0.15, -0.1) is 0 Å². The smallest absolute Gasteiger partial charge is 0.234 e. The molecule has 0 bridgehead atoms. The number of nitrogens with zero attached hydrogens (tertiary/aromatic N) is 3. The average Bonchev–Trinajstić information content (AvgIpc) is 2.86. The number of amides is 1. The largest absolute Gasteiger partial charge is 0.355 e. The van der Waals surface area contributed by atoms with Gasteiger partial charge in [0, 0.05) is 31.4 Å². The summed E-state index contributed by atoms with van der Waals surface area (Å²) < 4.78 is 0. The second-order valence-corrected chi connectivity index (χ2v) is 4.68. The third-order valence-electron chi connectivity index (χ3n) is 3.16. The van der Waals surface area contributed by atoms with Crippen LogP contribution in [0.3, 0.4) is 0 Å². The van der Waals surface area contributed by atoms with Crippen LogP contribution in [-0.2, 0) is 4.79 Å². The van der Waals surface area contributed by atoms with E-state index >= 15 is 0 Å². The van der Waals surface area contributed by atoms with E-state index in [9.17, 15) is 4.79 Å². The standard InChI is InChI=1S/C13H20N4O/c1-2-5-14-12(18)10-17-8-4-11(9-17)13-15-6-3-7-16-13/h3,6-7,11H,2,4-5,8-10H2,1H3,(H,14,18). The fourth-order valence-corrected chi connectivity index (χ4v) is 2.23. The number of carbonyl (C=O) groups excluding carboxylic acids is 1. The van der Waals surface area contributed by atoms with Gasteiger partial charge in [-0.2, -0.15) is 0 Å². The van der Waals surface area contributed by atoms with E-state index in [1.165, 1.54) is 0 Å². The lowest BCUT2D eigenvalue weighted by atomic mass is 10.1. The molecule has 0 aliphatic carbocycles. The van der Waals surface area contributed by atoms with Gasteiger partial charge in [-0.3, -0.25) is 9.69 Å². The van der Waals surface area contributed by atoms with Gasteiger partial charge < -0.3 is 5.32 Å². The zero-order valence-electron chi connectivity index (χ0n) is 10.8. The van der Waals surface area contributed by atoms with Crippen molar-refractivity contribution in [1.82, 2.24) is 20.2 Å². The molecule has 18 heavy (non-hydrogen) atoms. The van der Waals surface area contributed by atoms with Gasteiger partial charge in [-0.1, -0.05) is 6.92 Å². The number of aromatic nitrogens is 2. The van der Waals surface area contributed by atoms with E-state index < -0.39 is 0 Å². The summed E-state index contributed by atoms with van der Waals surface area (Å²) in [5.41, 5.74) is 0. The number of carbonyl (C=O) groups is 1. The summed E-state index contributed by atoms with van der Waals surface area (Å²) in [6, 6.07) is 1.83. The van der Waals surface area contributed by atoms with E-state index in [0.29, 0.717) is 12.5 Å². The van der Waals surface area contributed by atoms with Gasteiger partial charge >= 0.3 is 0 Å². The molecule has 0 spiro atoms. The minimum atomic E-state index is 0.117. The summed E-state index contributed by atoms with van der Waals surface area (Å²) in [7, 11) is 0. The zero-order valence-corrected chi connectivity index (χ0v) is 10.8. The first-order valence-corrected chi connectivity index (χ1v) is 6.55. The fourth-order valence-electron chi connectivity index (χ4n) is 2.23. The molecule has 1 atom stereocenters. The molecule has 1 amide bonds. The van der Waals surface area contributed by atoms with Gasteiger partial charge in [-0.05, 0) is 25.5 Å². The van der Waals surface area contributed by atoms with Crippen LogP contribution in [0.4, 0.5) is 0 Å². The van der Waals surface area contributed by atoms with Gasteiger partial charge in [0.2, 0.25) is 5.91 Å². The molecule has 1 fully saturated rings. The topological polar surface area (TPSA) is 58.1 Å². The maximum Gasteiger partial charge on any atom is 0.234 e. The van der Waals surface area contributed by atoms with E-state index in [-0.39, 0.29) is 5.91 Å². The van der Waals surface area contributed by atoms with Gasteiger partial charge in [0.05, 0.1) is 6.54 Å². The van der Waals surface area contributed by atoms with Gasteiger partial charge in [0.1, 0.15) is 5.82 Å². The third-order valence-corrected chi connectivity index (χ3v) is 3.16. The molecule has 1 N–H and O–H groups in total. The number of likely N-dealkylation sites (tertiary alicyclic amines) is 1. The Labute approximate surface area is 108 Å². The molecule has 98 valence electrons. The van der Waals surface area contributed by atoms with Crippen molar-refractivity contribution >= 4 is 5.91 Å². The van der Waals surface area contributed by atoms with Crippen LogP contribution in [0.15, 0.2) is 18.5 Å². The molecule has 2 rings (SSSR count). The monoisotopic (exact) mass is 248 g/mol. The highest BCUT2D eigenvalue weighted by Gasteiger charge is 2.26. The fraction of sp³-hybridized carbons (Fsp3) is 0.615. The number of nitrogens with one attached hydrogen (secondary N) is 1. The van der Waals surface area contributed by atoms with E-state index in [0.717, 1.165) is 38.3 Å². The Hall–Kier alpha value is -1.49. The van der Waals surface area contributed by atoms with Gasteiger partial charge in [0.25, 0.3) is 0 Å². The first kappa shape index (κ1) is 13.0. The second-order valence-electron chi connectivity index (χ2n) is 4.68. The lowest BCUT2D eigenvalue weighted by Crippen LogP contribution is -2.36. The maximum absolute atomic E-state index is 11.6. The molecule has 0 aromatic carbocycles. The van der Waals surface area contributed by atoms with E-state index in [4.69, 9.17) is 0 Å². The van der Waals surface area contributed by atoms with E-state index in [1.807, 2.05) is 6.07 Å². The van der Waals surface area contributed by atoms with Crippen molar-refractivity contribution in [3.8, 4) is 0 Å². The Kier molecular flexibility index (Phi) is 4.64. The van der Waals surface area contributed by atoms with Crippen LogP contribution < -0.4 is 5.32 Å². The van der Waals surface area contributed by atoms with E-state index in [1.54, 1.807) is 12.4 Å². The summed E-state index contributed by atoms with van der Waals surface area (Å²) in [6.07, 6.45) is 5.56. The number of rotatable bonds is 5. The van der Waals surface area contributed by atoms with Crippen LogP contribution in [0.2, 0.25) is 0 Å². The predicted octanol–water partition coefficient (Wildman–Crippen LogP) is 0.792. The summed E-state index contributed by atoms with van der Waals surface area (Å²) in [4.78, 5) is 22.4. The molecule has 0 radical (unpaired) electrons. The lowest BCUT2D eigenvalue weighted by molar-refractivity contribution is -0.122. The highest BCUT2D eigenvalue weighted by Crippen LogP contribution is 2.23. The molecule has 0 saturated carbocycles. The average molecular weight is 248 g/mol. The second kappa shape index (κ2) is 6.44. The Morgan fingerprint density at radius 2 is 2.28 bits per heavy atom. The Morgan fingerprint density at radius 3 is 3.00 bits per heavy atom. The van der Waals surface area contributed by atoms with Crippen molar-refractivity contribution in [2.24, 2.45) is 0 Å². The Morgan fingerprint density at radius 1 is 1.50 bits per heavy atom. The summed E-state index contributed by atoms with van der Waals surface area (Å²) in [5, 5.41) is 2.90. The van der Waals surface area contributed by atoms with Gasteiger partial charge in [-0.25, -0.2) is 9.97 Å². The molecule has 5 nitrogen and oxygen atoms in total. The quantitative estimate of drug-likeness (QED) is 0.837. The molecular weight excluding hydrogens is 228 g/mol. The van der Waals surface area contributed by atoms with Crippen LogP contribution in [0.1, 0.15) is 31.5 Å². The molecule has 5 heteroatoms. The molecule has 1 aliphatic rings. The van der Waals surface area contributed by atoms with E-state index in [2.05, 4.69) is 27.1 Å². The first-order chi connectivity index (χ1) is 8.79. The highest BCUT2D eigenvalue weighted by atomic mass is 16.2. The summed E-state index contributed by atoms with van der Waals surface area (Å²) in [6.45, 7) is 5.13. The van der Waals surface area contributed by atoms with Crippen molar-refractivity contribution in [2.75, 3.05) is 26.2 Å². The normalized spacial score (nSPS) is 19.9.